The molecule has 1 heterocycles. The number of para-hydroxylation sites is 1. The summed E-state index contributed by atoms with van der Waals surface area (Å²) in [5, 5.41) is 7.97. The lowest BCUT2D eigenvalue weighted by Crippen LogP contribution is -2.21. The Bertz CT molecular complexity index is 1050. The summed E-state index contributed by atoms with van der Waals surface area (Å²) in [5.41, 5.74) is 2.76. The van der Waals surface area contributed by atoms with Crippen molar-refractivity contribution in [3.63, 3.8) is 0 Å². The molecule has 0 aliphatic heterocycles. The minimum absolute atomic E-state index is 0.0758. The van der Waals surface area contributed by atoms with Crippen LogP contribution in [0.5, 0.6) is 17.4 Å². The van der Waals surface area contributed by atoms with Gasteiger partial charge in [-0.25, -0.2) is 4.79 Å². The van der Waals surface area contributed by atoms with Crippen LogP contribution in [-0.2, 0) is 9.53 Å². The van der Waals surface area contributed by atoms with Crippen LogP contribution in [0.3, 0.4) is 0 Å². The number of methoxy groups -OCH3 is 1. The standard InChI is InChI=1S/C23H21ClN2O4/c1-14-7-6-10-17(15-11-12-15)20(14)30-22-18(13-19(24)25-26-22)29-23(27)21(28-2)16-8-4-3-5-9-16/h3-10,13,15,21H,11-12H2,1-2H3. The average molecular weight is 425 g/mol. The van der Waals surface area contributed by atoms with Crippen molar-refractivity contribution in [1.29, 1.82) is 0 Å². The number of benzene rings is 2. The zero-order chi connectivity index (χ0) is 21.1. The van der Waals surface area contributed by atoms with Crippen molar-refractivity contribution >= 4 is 17.6 Å². The van der Waals surface area contributed by atoms with Crippen molar-refractivity contribution in [2.45, 2.75) is 31.8 Å². The summed E-state index contributed by atoms with van der Waals surface area (Å²) in [6.45, 7) is 1.96. The molecule has 0 N–H and O–H groups in total. The zero-order valence-corrected chi connectivity index (χ0v) is 17.4. The lowest BCUT2D eigenvalue weighted by Gasteiger charge is -2.17. The molecule has 0 spiro atoms. The van der Waals surface area contributed by atoms with Crippen LogP contribution in [0.1, 0.15) is 41.6 Å². The summed E-state index contributed by atoms with van der Waals surface area (Å²) in [6.07, 6.45) is 1.35. The molecule has 1 saturated carbocycles. The Morgan fingerprint density at radius 1 is 1.10 bits per heavy atom. The number of hydrogen-bond acceptors (Lipinski definition) is 6. The predicted molar refractivity (Wildman–Crippen MR) is 112 cm³/mol. The molecular formula is C23H21ClN2O4. The van der Waals surface area contributed by atoms with Crippen LogP contribution in [-0.4, -0.2) is 23.3 Å². The summed E-state index contributed by atoms with van der Waals surface area (Å²) < 4.78 is 17.0. The second-order valence-electron chi connectivity index (χ2n) is 7.15. The molecule has 1 fully saturated rings. The molecule has 3 aromatic rings. The maximum atomic E-state index is 12.8. The average Bonchev–Trinajstić information content (AvgIpc) is 3.58. The third-order valence-corrected chi connectivity index (χ3v) is 5.10. The van der Waals surface area contributed by atoms with Crippen molar-refractivity contribution in [2.24, 2.45) is 0 Å². The predicted octanol–water partition coefficient (Wildman–Crippen LogP) is 5.40. The molecule has 7 heteroatoms. The van der Waals surface area contributed by atoms with E-state index in [1.807, 2.05) is 43.3 Å². The van der Waals surface area contributed by atoms with E-state index in [9.17, 15) is 4.79 Å². The lowest BCUT2D eigenvalue weighted by molar-refractivity contribution is -0.146. The maximum absolute atomic E-state index is 12.8. The molecule has 30 heavy (non-hydrogen) atoms. The number of carbonyl (C=O) groups is 1. The van der Waals surface area contributed by atoms with Crippen LogP contribution in [0.2, 0.25) is 5.15 Å². The fourth-order valence-electron chi connectivity index (χ4n) is 3.27. The number of ether oxygens (including phenoxy) is 3. The first-order valence-electron chi connectivity index (χ1n) is 9.67. The van der Waals surface area contributed by atoms with E-state index in [0.29, 0.717) is 17.2 Å². The van der Waals surface area contributed by atoms with Gasteiger partial charge in [0.15, 0.2) is 17.0 Å². The number of nitrogens with zero attached hydrogens (tertiary/aromatic N) is 2. The van der Waals surface area contributed by atoms with Gasteiger partial charge in [-0.05, 0) is 42.4 Å². The van der Waals surface area contributed by atoms with Gasteiger partial charge >= 0.3 is 5.97 Å². The molecule has 1 aliphatic carbocycles. The minimum Gasteiger partial charge on any atom is -0.434 e. The molecule has 2 aromatic carbocycles. The van der Waals surface area contributed by atoms with Crippen molar-refractivity contribution in [3.05, 3.63) is 76.4 Å². The van der Waals surface area contributed by atoms with Crippen molar-refractivity contribution in [1.82, 2.24) is 10.2 Å². The summed E-state index contributed by atoms with van der Waals surface area (Å²) >= 11 is 6.00. The molecule has 0 amide bonds. The first-order valence-corrected chi connectivity index (χ1v) is 10.0. The number of rotatable bonds is 7. The molecule has 6 nitrogen and oxygen atoms in total. The van der Waals surface area contributed by atoms with E-state index in [-0.39, 0.29) is 16.8 Å². The summed E-state index contributed by atoms with van der Waals surface area (Å²) in [4.78, 5) is 12.8. The topological polar surface area (TPSA) is 70.5 Å². The highest BCUT2D eigenvalue weighted by molar-refractivity contribution is 6.29. The lowest BCUT2D eigenvalue weighted by atomic mass is 10.1. The van der Waals surface area contributed by atoms with Crippen molar-refractivity contribution < 1.29 is 19.0 Å². The van der Waals surface area contributed by atoms with Crippen LogP contribution in [0, 0.1) is 6.92 Å². The fraction of sp³-hybridized carbons (Fsp3) is 0.261. The van der Waals surface area contributed by atoms with Crippen molar-refractivity contribution in [2.75, 3.05) is 7.11 Å². The molecule has 1 aromatic heterocycles. The highest BCUT2D eigenvalue weighted by Gasteiger charge is 2.29. The SMILES string of the molecule is COC(C(=O)Oc1cc(Cl)nnc1Oc1c(C)cccc1C1CC1)c1ccccc1. The van der Waals surface area contributed by atoms with Gasteiger partial charge in [0.05, 0.1) is 0 Å². The molecule has 0 saturated heterocycles. The number of aryl methyl sites for hydroxylation is 1. The van der Waals surface area contributed by atoms with Gasteiger partial charge in [0, 0.05) is 13.2 Å². The quantitative estimate of drug-likeness (QED) is 0.473. The molecular weight excluding hydrogens is 404 g/mol. The normalized spacial score (nSPS) is 14.2. The maximum Gasteiger partial charge on any atom is 0.345 e. The molecule has 154 valence electrons. The van der Waals surface area contributed by atoms with Crippen LogP contribution in [0.15, 0.2) is 54.6 Å². The summed E-state index contributed by atoms with van der Waals surface area (Å²) in [6, 6.07) is 16.5. The second-order valence-corrected chi connectivity index (χ2v) is 7.54. The Morgan fingerprint density at radius 2 is 1.87 bits per heavy atom. The third-order valence-electron chi connectivity index (χ3n) is 4.92. The molecule has 0 radical (unpaired) electrons. The first kappa shape index (κ1) is 20.3. The van der Waals surface area contributed by atoms with Gasteiger partial charge in [-0.2, -0.15) is 0 Å². The number of esters is 1. The number of carbonyl (C=O) groups excluding carboxylic acids is 1. The van der Waals surface area contributed by atoms with E-state index in [0.717, 1.165) is 24.0 Å². The highest BCUT2D eigenvalue weighted by atomic mass is 35.5. The molecule has 0 bridgehead atoms. The van der Waals surface area contributed by atoms with Gasteiger partial charge in [0.25, 0.3) is 5.88 Å². The Morgan fingerprint density at radius 3 is 2.57 bits per heavy atom. The number of hydrogen-bond donors (Lipinski definition) is 0. The van der Waals surface area contributed by atoms with Crippen LogP contribution >= 0.6 is 11.6 Å². The highest BCUT2D eigenvalue weighted by Crippen LogP contribution is 2.47. The fourth-order valence-corrected chi connectivity index (χ4v) is 3.41. The van der Waals surface area contributed by atoms with Gasteiger partial charge in [-0.1, -0.05) is 60.1 Å². The van der Waals surface area contributed by atoms with E-state index in [1.165, 1.54) is 13.2 Å². The second kappa shape index (κ2) is 8.81. The van der Waals surface area contributed by atoms with Crippen LogP contribution < -0.4 is 9.47 Å². The van der Waals surface area contributed by atoms with Gasteiger partial charge in [-0.3, -0.25) is 0 Å². The largest absolute Gasteiger partial charge is 0.434 e. The summed E-state index contributed by atoms with van der Waals surface area (Å²) in [5.74, 6) is 0.738. The molecule has 1 aliphatic rings. The Hall–Kier alpha value is -2.96. The Balaban J connectivity index is 1.63. The molecule has 1 unspecified atom stereocenters. The molecule has 1 atom stereocenters. The van der Waals surface area contributed by atoms with Gasteiger partial charge in [-0.15, -0.1) is 10.2 Å². The molecule has 4 rings (SSSR count). The van der Waals surface area contributed by atoms with Gasteiger partial charge < -0.3 is 14.2 Å². The number of aromatic nitrogens is 2. The van der Waals surface area contributed by atoms with Crippen LogP contribution in [0.4, 0.5) is 0 Å². The summed E-state index contributed by atoms with van der Waals surface area (Å²) in [7, 11) is 1.45. The Labute approximate surface area is 179 Å². The minimum atomic E-state index is -0.897. The zero-order valence-electron chi connectivity index (χ0n) is 16.7. The van der Waals surface area contributed by atoms with Gasteiger partial charge in [0.2, 0.25) is 0 Å². The third kappa shape index (κ3) is 4.45. The van der Waals surface area contributed by atoms with Crippen molar-refractivity contribution in [3.8, 4) is 17.4 Å². The Kier molecular flexibility index (Phi) is 5.97. The van der Waals surface area contributed by atoms with Crippen LogP contribution in [0.25, 0.3) is 0 Å². The van der Waals surface area contributed by atoms with Gasteiger partial charge in [0.1, 0.15) is 5.75 Å². The first-order chi connectivity index (χ1) is 14.6. The van der Waals surface area contributed by atoms with E-state index >= 15 is 0 Å². The monoisotopic (exact) mass is 424 g/mol. The van der Waals surface area contributed by atoms with E-state index < -0.39 is 12.1 Å². The smallest absolute Gasteiger partial charge is 0.345 e. The number of halogens is 1. The van der Waals surface area contributed by atoms with E-state index in [4.69, 9.17) is 25.8 Å². The van der Waals surface area contributed by atoms with E-state index in [2.05, 4.69) is 10.2 Å². The van der Waals surface area contributed by atoms with E-state index in [1.54, 1.807) is 12.1 Å².